The Labute approximate surface area is 134 Å². The number of rotatable bonds is 8. The fourth-order valence-corrected chi connectivity index (χ4v) is 4.86. The second-order valence-corrected chi connectivity index (χ2v) is 7.53. The fraction of sp³-hybridized carbons (Fsp3) is 1.00. The Morgan fingerprint density at radius 2 is 1.91 bits per heavy atom. The first kappa shape index (κ1) is 16.7. The van der Waals surface area contributed by atoms with Gasteiger partial charge in [0.2, 0.25) is 0 Å². The third-order valence-electron chi connectivity index (χ3n) is 6.14. The largest absolute Gasteiger partial charge is 0.393 e. The molecule has 5 unspecified atom stereocenters. The Morgan fingerprint density at radius 3 is 2.64 bits per heavy atom. The summed E-state index contributed by atoms with van der Waals surface area (Å²) in [5.74, 6) is 0.866. The van der Waals surface area contributed by atoms with Crippen LogP contribution in [0.3, 0.4) is 0 Å². The highest BCUT2D eigenvalue weighted by atomic mass is 16.7. The molecule has 2 aliphatic carbocycles. The average molecular weight is 312 g/mol. The van der Waals surface area contributed by atoms with Crippen molar-refractivity contribution in [1.82, 2.24) is 0 Å². The van der Waals surface area contributed by atoms with Crippen LogP contribution in [0.5, 0.6) is 0 Å². The van der Waals surface area contributed by atoms with Gasteiger partial charge in [-0.1, -0.05) is 32.6 Å². The number of hydrogen-bond acceptors (Lipinski definition) is 4. The maximum absolute atomic E-state index is 10.4. The van der Waals surface area contributed by atoms with E-state index in [2.05, 4.69) is 6.92 Å². The molecule has 1 spiro atoms. The van der Waals surface area contributed by atoms with E-state index in [9.17, 15) is 10.2 Å². The molecule has 4 heteroatoms. The smallest absolute Gasteiger partial charge is 0.171 e. The molecule has 1 saturated heterocycles. The van der Waals surface area contributed by atoms with E-state index in [0.29, 0.717) is 31.0 Å². The predicted molar refractivity (Wildman–Crippen MR) is 84.3 cm³/mol. The number of aliphatic hydroxyl groups is 2. The standard InChI is InChI=1S/C18H32O4/c1-2-3-4-5-6-13(19)7-8-14-15-12-18(21-9-10-22-18)16(15)11-17(14)20/h13-17,19-20H,2-12H2,1H3. The van der Waals surface area contributed by atoms with Crippen molar-refractivity contribution in [2.24, 2.45) is 17.8 Å². The van der Waals surface area contributed by atoms with Crippen LogP contribution in [0.2, 0.25) is 0 Å². The Morgan fingerprint density at radius 1 is 1.14 bits per heavy atom. The number of unbranched alkanes of at least 4 members (excludes halogenated alkanes) is 3. The molecule has 5 atom stereocenters. The number of ether oxygens (including phenoxy) is 2. The summed E-state index contributed by atoms with van der Waals surface area (Å²) in [7, 11) is 0. The van der Waals surface area contributed by atoms with Gasteiger partial charge < -0.3 is 19.7 Å². The van der Waals surface area contributed by atoms with E-state index in [4.69, 9.17) is 9.47 Å². The van der Waals surface area contributed by atoms with Crippen LogP contribution < -0.4 is 0 Å². The van der Waals surface area contributed by atoms with Crippen LogP contribution in [0, 0.1) is 17.8 Å². The van der Waals surface area contributed by atoms with E-state index in [1.807, 2.05) is 0 Å². The van der Waals surface area contributed by atoms with E-state index in [-0.39, 0.29) is 18.0 Å². The highest BCUT2D eigenvalue weighted by Gasteiger charge is 2.64. The average Bonchev–Trinajstić information content (AvgIpc) is 3.08. The summed E-state index contributed by atoms with van der Waals surface area (Å²) in [6.45, 7) is 3.60. The van der Waals surface area contributed by atoms with E-state index in [1.165, 1.54) is 19.3 Å². The molecule has 0 bridgehead atoms. The molecule has 0 amide bonds. The van der Waals surface area contributed by atoms with Gasteiger partial charge in [-0.2, -0.15) is 0 Å². The summed E-state index contributed by atoms with van der Waals surface area (Å²) in [5.41, 5.74) is 0. The summed E-state index contributed by atoms with van der Waals surface area (Å²) < 4.78 is 11.6. The molecule has 3 aliphatic rings. The highest BCUT2D eigenvalue weighted by molar-refractivity contribution is 5.08. The molecule has 1 aliphatic heterocycles. The van der Waals surface area contributed by atoms with Crippen molar-refractivity contribution in [3.8, 4) is 0 Å². The SMILES string of the molecule is CCCCCCC(O)CCC1C(O)CC2C1CC21OCCO1. The first-order chi connectivity index (χ1) is 10.7. The fourth-order valence-electron chi connectivity index (χ4n) is 4.86. The molecule has 0 aromatic heterocycles. The van der Waals surface area contributed by atoms with Crippen LogP contribution in [0.25, 0.3) is 0 Å². The lowest BCUT2D eigenvalue weighted by atomic mass is 9.66. The zero-order valence-electron chi connectivity index (χ0n) is 13.9. The monoisotopic (exact) mass is 312 g/mol. The van der Waals surface area contributed by atoms with Gasteiger partial charge >= 0.3 is 0 Å². The van der Waals surface area contributed by atoms with Gasteiger partial charge in [0.15, 0.2) is 5.79 Å². The van der Waals surface area contributed by atoms with E-state index in [1.54, 1.807) is 0 Å². The van der Waals surface area contributed by atoms with E-state index < -0.39 is 0 Å². The minimum atomic E-state index is -0.362. The molecule has 4 nitrogen and oxygen atoms in total. The van der Waals surface area contributed by atoms with Crippen LogP contribution in [0.15, 0.2) is 0 Å². The zero-order valence-corrected chi connectivity index (χ0v) is 13.9. The van der Waals surface area contributed by atoms with Crippen molar-refractivity contribution in [2.45, 2.75) is 82.7 Å². The minimum absolute atomic E-state index is 0.198. The van der Waals surface area contributed by atoms with Crippen LogP contribution in [0.1, 0.15) is 64.7 Å². The second kappa shape index (κ2) is 7.16. The number of aliphatic hydroxyl groups excluding tert-OH is 2. The molecule has 22 heavy (non-hydrogen) atoms. The lowest BCUT2D eigenvalue weighted by Crippen LogP contribution is -2.54. The van der Waals surface area contributed by atoms with Crippen molar-refractivity contribution in [2.75, 3.05) is 13.2 Å². The highest BCUT2D eigenvalue weighted by Crippen LogP contribution is 2.60. The van der Waals surface area contributed by atoms with Gasteiger partial charge in [0.05, 0.1) is 25.4 Å². The van der Waals surface area contributed by atoms with E-state index in [0.717, 1.165) is 38.5 Å². The summed E-state index contributed by atoms with van der Waals surface area (Å²) in [6.07, 6.45) is 8.82. The van der Waals surface area contributed by atoms with Crippen molar-refractivity contribution < 1.29 is 19.7 Å². The van der Waals surface area contributed by atoms with E-state index >= 15 is 0 Å². The predicted octanol–water partition coefficient (Wildman–Crippen LogP) is 2.86. The van der Waals surface area contributed by atoms with Crippen LogP contribution >= 0.6 is 0 Å². The maximum atomic E-state index is 10.4. The van der Waals surface area contributed by atoms with Gasteiger partial charge in [-0.15, -0.1) is 0 Å². The summed E-state index contributed by atoms with van der Waals surface area (Å²) in [6, 6.07) is 0. The molecule has 0 radical (unpaired) electrons. The minimum Gasteiger partial charge on any atom is -0.393 e. The van der Waals surface area contributed by atoms with Gasteiger partial charge in [-0.3, -0.25) is 0 Å². The molecular formula is C18H32O4. The van der Waals surface area contributed by atoms with Gasteiger partial charge in [-0.25, -0.2) is 0 Å². The van der Waals surface area contributed by atoms with Crippen molar-refractivity contribution in [1.29, 1.82) is 0 Å². The topological polar surface area (TPSA) is 58.9 Å². The molecule has 1 heterocycles. The Kier molecular flexibility index (Phi) is 5.43. The number of hydrogen-bond donors (Lipinski definition) is 2. The summed E-state index contributed by atoms with van der Waals surface area (Å²) in [4.78, 5) is 0. The van der Waals surface area contributed by atoms with Crippen molar-refractivity contribution in [3.05, 3.63) is 0 Å². The lowest BCUT2D eigenvalue weighted by molar-refractivity contribution is -0.272. The summed E-state index contributed by atoms with van der Waals surface area (Å²) in [5, 5.41) is 20.5. The lowest BCUT2D eigenvalue weighted by Gasteiger charge is -2.49. The van der Waals surface area contributed by atoms with Gasteiger partial charge in [0.1, 0.15) is 0 Å². The zero-order chi connectivity index (χ0) is 15.6. The maximum Gasteiger partial charge on any atom is 0.171 e. The molecule has 2 saturated carbocycles. The second-order valence-electron chi connectivity index (χ2n) is 7.53. The summed E-state index contributed by atoms with van der Waals surface area (Å²) >= 11 is 0. The first-order valence-corrected chi connectivity index (χ1v) is 9.30. The molecule has 3 rings (SSSR count). The third kappa shape index (κ3) is 3.21. The molecule has 3 fully saturated rings. The first-order valence-electron chi connectivity index (χ1n) is 9.30. The van der Waals surface area contributed by atoms with Gasteiger partial charge in [0.25, 0.3) is 0 Å². The molecule has 2 N–H and O–H groups in total. The van der Waals surface area contributed by atoms with Crippen LogP contribution in [0.4, 0.5) is 0 Å². The van der Waals surface area contributed by atoms with Gasteiger partial charge in [0, 0.05) is 12.3 Å². The molecule has 128 valence electrons. The van der Waals surface area contributed by atoms with Crippen molar-refractivity contribution >= 4 is 0 Å². The molecule has 0 aromatic carbocycles. The van der Waals surface area contributed by atoms with Crippen molar-refractivity contribution in [3.63, 3.8) is 0 Å². The quantitative estimate of drug-likeness (QED) is 0.677. The van der Waals surface area contributed by atoms with Crippen LogP contribution in [-0.2, 0) is 9.47 Å². The van der Waals surface area contributed by atoms with Gasteiger partial charge in [-0.05, 0) is 37.5 Å². The Bertz CT molecular complexity index is 353. The van der Waals surface area contributed by atoms with Crippen LogP contribution in [-0.4, -0.2) is 41.4 Å². The number of fused-ring (bicyclic) bond motifs is 2. The Balaban J connectivity index is 1.40. The Hall–Kier alpha value is -0.160. The normalized spacial score (nSPS) is 37.2. The molecular weight excluding hydrogens is 280 g/mol. The molecule has 0 aromatic rings. The third-order valence-corrected chi connectivity index (χ3v) is 6.14.